The Hall–Kier alpha value is -0.850. The highest BCUT2D eigenvalue weighted by Gasteiger charge is 2.31. The van der Waals surface area contributed by atoms with Crippen molar-refractivity contribution >= 4 is 5.78 Å². The lowest BCUT2D eigenvalue weighted by atomic mass is 9.94. The van der Waals surface area contributed by atoms with Gasteiger partial charge in [-0.05, 0) is 33.1 Å². The van der Waals surface area contributed by atoms with Gasteiger partial charge in [-0.15, -0.1) is 0 Å². The normalized spacial score (nSPS) is 27.0. The molecule has 14 heavy (non-hydrogen) atoms. The maximum Gasteiger partial charge on any atom is 0.169 e. The van der Waals surface area contributed by atoms with Gasteiger partial charge in [-0.2, -0.15) is 0 Å². The lowest BCUT2D eigenvalue weighted by Crippen LogP contribution is -2.11. The van der Waals surface area contributed by atoms with Crippen LogP contribution in [-0.4, -0.2) is 5.78 Å². The Labute approximate surface area is 85.9 Å². The molecule has 1 heteroatoms. The van der Waals surface area contributed by atoms with Crippen molar-refractivity contribution in [1.82, 2.24) is 0 Å². The van der Waals surface area contributed by atoms with E-state index in [-0.39, 0.29) is 5.92 Å². The number of fused-ring (bicyclic) bond motifs is 1. The zero-order valence-corrected chi connectivity index (χ0v) is 9.10. The van der Waals surface area contributed by atoms with E-state index < -0.39 is 0 Å². The largest absolute Gasteiger partial charge is 0.294 e. The van der Waals surface area contributed by atoms with E-state index in [1.165, 1.54) is 30.4 Å². The zero-order valence-electron chi connectivity index (χ0n) is 9.10. The minimum absolute atomic E-state index is 0.252. The summed E-state index contributed by atoms with van der Waals surface area (Å²) in [7, 11) is 0. The van der Waals surface area contributed by atoms with Crippen molar-refractivity contribution in [3.8, 4) is 0 Å². The monoisotopic (exact) mass is 190 g/mol. The van der Waals surface area contributed by atoms with Crippen LogP contribution in [0.5, 0.6) is 0 Å². The first-order valence-corrected chi connectivity index (χ1v) is 5.62. The van der Waals surface area contributed by atoms with Crippen LogP contribution in [0.15, 0.2) is 22.8 Å². The van der Waals surface area contributed by atoms with Crippen molar-refractivity contribution in [3.05, 3.63) is 22.8 Å². The molecule has 0 aromatic heterocycles. The van der Waals surface area contributed by atoms with E-state index >= 15 is 0 Å². The molecule has 76 valence electrons. The summed E-state index contributed by atoms with van der Waals surface area (Å²) in [5.41, 5.74) is 3.58. The number of hydrogen-bond donors (Lipinski definition) is 0. The first-order valence-electron chi connectivity index (χ1n) is 5.62. The van der Waals surface area contributed by atoms with E-state index in [9.17, 15) is 4.79 Å². The molecule has 2 aliphatic carbocycles. The first-order chi connectivity index (χ1) is 6.70. The second kappa shape index (κ2) is 3.72. The number of rotatable bonds is 0. The molecule has 1 saturated carbocycles. The molecule has 0 spiro atoms. The Morgan fingerprint density at radius 1 is 1.29 bits per heavy atom. The first kappa shape index (κ1) is 9.70. The average Bonchev–Trinajstić information content (AvgIpc) is 2.37. The standard InChI is InChI=1S/C13H18O/c1-9(2)12-8-10-6-4-3-5-7-11(10)13(12)14/h8,11H,3-7H2,1-2H3. The molecule has 0 heterocycles. The number of allylic oxidation sites excluding steroid dienone is 4. The van der Waals surface area contributed by atoms with Crippen LogP contribution in [0, 0.1) is 5.92 Å². The molecule has 2 aliphatic rings. The minimum atomic E-state index is 0.252. The molecule has 0 aliphatic heterocycles. The zero-order chi connectivity index (χ0) is 10.1. The fraction of sp³-hybridized carbons (Fsp3) is 0.615. The van der Waals surface area contributed by atoms with Gasteiger partial charge < -0.3 is 0 Å². The smallest absolute Gasteiger partial charge is 0.169 e. The molecule has 1 fully saturated rings. The van der Waals surface area contributed by atoms with Gasteiger partial charge in [0.25, 0.3) is 0 Å². The molecule has 1 unspecified atom stereocenters. The molecule has 1 atom stereocenters. The van der Waals surface area contributed by atoms with Crippen LogP contribution in [0.2, 0.25) is 0 Å². The molecule has 1 nitrogen and oxygen atoms in total. The van der Waals surface area contributed by atoms with Crippen molar-refractivity contribution in [3.63, 3.8) is 0 Å². The average molecular weight is 190 g/mol. The maximum atomic E-state index is 12.0. The SMILES string of the molecule is CC(C)=C1C=C2CCCCCC2C1=O. The quantitative estimate of drug-likeness (QED) is 0.535. The van der Waals surface area contributed by atoms with E-state index in [1.807, 2.05) is 13.8 Å². The molecule has 0 aromatic carbocycles. The highest BCUT2D eigenvalue weighted by molar-refractivity contribution is 6.05. The van der Waals surface area contributed by atoms with Crippen molar-refractivity contribution in [2.24, 2.45) is 5.92 Å². The predicted molar refractivity (Wildman–Crippen MR) is 58.0 cm³/mol. The van der Waals surface area contributed by atoms with Crippen LogP contribution in [0.1, 0.15) is 46.0 Å². The number of hydrogen-bond acceptors (Lipinski definition) is 1. The summed E-state index contributed by atoms with van der Waals surface area (Å²) in [5, 5.41) is 0. The summed E-state index contributed by atoms with van der Waals surface area (Å²) in [6, 6.07) is 0. The molecule has 0 bridgehead atoms. The fourth-order valence-corrected chi connectivity index (χ4v) is 2.52. The second-order valence-corrected chi connectivity index (χ2v) is 4.65. The Morgan fingerprint density at radius 3 is 2.79 bits per heavy atom. The Morgan fingerprint density at radius 2 is 2.07 bits per heavy atom. The third-order valence-electron chi connectivity index (χ3n) is 3.36. The van der Waals surface area contributed by atoms with Gasteiger partial charge in [0, 0.05) is 11.5 Å². The van der Waals surface area contributed by atoms with Crippen molar-refractivity contribution < 1.29 is 4.79 Å². The van der Waals surface area contributed by atoms with E-state index in [0.717, 1.165) is 18.4 Å². The topological polar surface area (TPSA) is 17.1 Å². The summed E-state index contributed by atoms with van der Waals surface area (Å²) >= 11 is 0. The highest BCUT2D eigenvalue weighted by Crippen LogP contribution is 2.37. The summed E-state index contributed by atoms with van der Waals surface area (Å²) in [6.07, 6.45) is 8.18. The third kappa shape index (κ3) is 1.56. The van der Waals surface area contributed by atoms with Gasteiger partial charge in [0.15, 0.2) is 5.78 Å². The van der Waals surface area contributed by atoms with Gasteiger partial charge >= 0.3 is 0 Å². The van der Waals surface area contributed by atoms with E-state index in [4.69, 9.17) is 0 Å². The van der Waals surface area contributed by atoms with Crippen molar-refractivity contribution in [1.29, 1.82) is 0 Å². The molecular formula is C13H18O. The maximum absolute atomic E-state index is 12.0. The van der Waals surface area contributed by atoms with Gasteiger partial charge in [0.2, 0.25) is 0 Å². The van der Waals surface area contributed by atoms with Crippen molar-refractivity contribution in [2.45, 2.75) is 46.0 Å². The van der Waals surface area contributed by atoms with Gasteiger partial charge in [0.1, 0.15) is 0 Å². The number of ketones is 1. The van der Waals surface area contributed by atoms with Gasteiger partial charge in [0.05, 0.1) is 0 Å². The third-order valence-corrected chi connectivity index (χ3v) is 3.36. The van der Waals surface area contributed by atoms with Gasteiger partial charge in [-0.25, -0.2) is 0 Å². The molecule has 0 aromatic rings. The van der Waals surface area contributed by atoms with E-state index in [2.05, 4.69) is 6.08 Å². The minimum Gasteiger partial charge on any atom is -0.294 e. The van der Waals surface area contributed by atoms with Gasteiger partial charge in [-0.1, -0.05) is 30.1 Å². The second-order valence-electron chi connectivity index (χ2n) is 4.65. The molecule has 2 rings (SSSR count). The lowest BCUT2D eigenvalue weighted by Gasteiger charge is -2.08. The van der Waals surface area contributed by atoms with E-state index in [1.54, 1.807) is 0 Å². The van der Waals surface area contributed by atoms with Crippen LogP contribution < -0.4 is 0 Å². The Bertz CT molecular complexity index is 316. The number of carbonyl (C=O) groups excluding carboxylic acids is 1. The van der Waals surface area contributed by atoms with Crippen LogP contribution in [0.25, 0.3) is 0 Å². The highest BCUT2D eigenvalue weighted by atomic mass is 16.1. The summed E-state index contributed by atoms with van der Waals surface area (Å²) in [4.78, 5) is 12.0. The molecule has 0 N–H and O–H groups in total. The predicted octanol–water partition coefficient (Wildman–Crippen LogP) is 3.41. The molecule has 0 radical (unpaired) electrons. The number of Topliss-reactive ketones (excluding diaryl/α,β-unsaturated/α-hetero) is 1. The van der Waals surface area contributed by atoms with Crippen LogP contribution in [-0.2, 0) is 4.79 Å². The lowest BCUT2D eigenvalue weighted by molar-refractivity contribution is -0.117. The molecule has 0 saturated heterocycles. The molecule has 0 amide bonds. The van der Waals surface area contributed by atoms with Gasteiger partial charge in [-0.3, -0.25) is 4.79 Å². The van der Waals surface area contributed by atoms with Crippen molar-refractivity contribution in [2.75, 3.05) is 0 Å². The Balaban J connectivity index is 2.32. The summed E-state index contributed by atoms with van der Waals surface area (Å²) in [5.74, 6) is 0.643. The van der Waals surface area contributed by atoms with E-state index in [0.29, 0.717) is 5.78 Å². The van der Waals surface area contributed by atoms with Crippen LogP contribution in [0.4, 0.5) is 0 Å². The number of carbonyl (C=O) groups is 1. The fourth-order valence-electron chi connectivity index (χ4n) is 2.52. The Kier molecular flexibility index (Phi) is 2.58. The van der Waals surface area contributed by atoms with Crippen LogP contribution >= 0.6 is 0 Å². The summed E-state index contributed by atoms with van der Waals surface area (Å²) < 4.78 is 0. The molecular weight excluding hydrogens is 172 g/mol. The van der Waals surface area contributed by atoms with Crippen LogP contribution in [0.3, 0.4) is 0 Å². The summed E-state index contributed by atoms with van der Waals surface area (Å²) in [6.45, 7) is 4.07.